The number of allylic oxidation sites excluding steroid dienone is 7. The maximum Gasteiger partial charge on any atom is 0.412 e. The van der Waals surface area contributed by atoms with E-state index >= 15 is 0 Å². The number of rotatable bonds is 3. The molecular weight excluding hydrogens is 225 g/mol. The van der Waals surface area contributed by atoms with E-state index in [0.29, 0.717) is 5.57 Å². The Morgan fingerprint density at radius 2 is 1.29 bits per heavy atom. The van der Waals surface area contributed by atoms with Gasteiger partial charge in [0.05, 0.1) is 0 Å². The molecule has 0 nitrogen and oxygen atoms in total. The second-order valence-corrected chi connectivity index (χ2v) is 4.15. The van der Waals surface area contributed by atoms with Crippen LogP contribution in [-0.2, 0) is 0 Å². The van der Waals surface area contributed by atoms with E-state index < -0.39 is 11.7 Å². The topological polar surface area (TPSA) is 0 Å². The van der Waals surface area contributed by atoms with Crippen LogP contribution in [0.25, 0.3) is 0 Å². The molecule has 0 atom stereocenters. The van der Waals surface area contributed by atoms with Crippen LogP contribution in [0.2, 0.25) is 0 Å². The van der Waals surface area contributed by atoms with Gasteiger partial charge in [-0.2, -0.15) is 13.2 Å². The van der Waals surface area contributed by atoms with Gasteiger partial charge in [-0.1, -0.05) is 18.7 Å². The van der Waals surface area contributed by atoms with Gasteiger partial charge in [-0.25, -0.2) is 0 Å². The summed E-state index contributed by atoms with van der Waals surface area (Å²) in [4.78, 5) is 0. The van der Waals surface area contributed by atoms with E-state index in [0.717, 1.165) is 23.6 Å². The van der Waals surface area contributed by atoms with Crippen molar-refractivity contribution in [2.45, 2.75) is 40.8 Å². The van der Waals surface area contributed by atoms with E-state index in [2.05, 4.69) is 6.58 Å². The van der Waals surface area contributed by atoms with Crippen molar-refractivity contribution in [3.63, 3.8) is 0 Å². The van der Waals surface area contributed by atoms with E-state index in [9.17, 15) is 13.2 Å². The quantitative estimate of drug-likeness (QED) is 0.587. The highest BCUT2D eigenvalue weighted by atomic mass is 19.4. The van der Waals surface area contributed by atoms with Gasteiger partial charge in [0.15, 0.2) is 0 Å². The van der Waals surface area contributed by atoms with Gasteiger partial charge in [-0.05, 0) is 56.9 Å². The molecule has 0 heterocycles. The van der Waals surface area contributed by atoms with Crippen LogP contribution in [0.3, 0.4) is 0 Å². The van der Waals surface area contributed by atoms with Crippen LogP contribution < -0.4 is 0 Å². The molecule has 17 heavy (non-hydrogen) atoms. The molecule has 0 aliphatic heterocycles. The molecule has 0 aromatic carbocycles. The van der Waals surface area contributed by atoms with Crippen molar-refractivity contribution in [3.8, 4) is 0 Å². The Kier molecular flexibility index (Phi) is 5.46. The first kappa shape index (κ1) is 15.8. The van der Waals surface area contributed by atoms with E-state index in [-0.39, 0.29) is 0 Å². The molecular formula is C14H19F3. The minimum atomic E-state index is -4.26. The summed E-state index contributed by atoms with van der Waals surface area (Å²) in [5.41, 5.74) is 2.83. The number of halogens is 3. The first-order valence-electron chi connectivity index (χ1n) is 5.34. The van der Waals surface area contributed by atoms with Crippen molar-refractivity contribution in [2.24, 2.45) is 0 Å². The molecule has 0 fully saturated rings. The zero-order valence-electron chi connectivity index (χ0n) is 11.0. The lowest BCUT2D eigenvalue weighted by Gasteiger charge is -2.10. The fraction of sp³-hybridized carbons (Fsp3) is 0.429. The summed E-state index contributed by atoms with van der Waals surface area (Å²) in [6, 6.07) is 0. The largest absolute Gasteiger partial charge is 0.412 e. The summed E-state index contributed by atoms with van der Waals surface area (Å²) in [5.74, 6) is 0. The van der Waals surface area contributed by atoms with Crippen LogP contribution in [0.4, 0.5) is 13.2 Å². The first-order valence-corrected chi connectivity index (χ1v) is 5.34. The zero-order chi connectivity index (χ0) is 13.8. The Bertz CT molecular complexity index is 390. The number of hydrogen-bond donors (Lipinski definition) is 0. The smallest absolute Gasteiger partial charge is 0.166 e. The fourth-order valence-electron chi connectivity index (χ4n) is 1.26. The summed E-state index contributed by atoms with van der Waals surface area (Å²) in [6.45, 7) is 12.0. The maximum absolute atomic E-state index is 12.4. The van der Waals surface area contributed by atoms with Crippen LogP contribution in [0, 0.1) is 0 Å². The van der Waals surface area contributed by atoms with Crippen molar-refractivity contribution in [1.29, 1.82) is 0 Å². The van der Waals surface area contributed by atoms with Gasteiger partial charge in [-0.3, -0.25) is 0 Å². The molecule has 0 aromatic heterocycles. The second kappa shape index (κ2) is 5.89. The standard InChI is InChI=1S/C14H19F3/c1-7-9(2)12(5)13(6)10(3)8-11(4)14(15,16)17/h7-8H,1H2,2-6H3/b11-8+,12-9+,13-10+. The SMILES string of the molecule is C=C/C(C)=C(C)/C(C)=C(C)/C=C(\C)C(F)(F)F. The van der Waals surface area contributed by atoms with Crippen molar-refractivity contribution < 1.29 is 13.2 Å². The summed E-state index contributed by atoms with van der Waals surface area (Å²) < 4.78 is 37.1. The van der Waals surface area contributed by atoms with Gasteiger partial charge < -0.3 is 0 Å². The number of alkyl halides is 3. The molecule has 0 saturated carbocycles. The normalized spacial score (nSPS) is 16.4. The Labute approximate surface area is 101 Å². The van der Waals surface area contributed by atoms with E-state index in [1.807, 2.05) is 20.8 Å². The lowest BCUT2D eigenvalue weighted by atomic mass is 9.98. The van der Waals surface area contributed by atoms with Crippen LogP contribution in [0.15, 0.2) is 46.6 Å². The van der Waals surface area contributed by atoms with Gasteiger partial charge in [0.25, 0.3) is 0 Å². The molecule has 0 bridgehead atoms. The second-order valence-electron chi connectivity index (χ2n) is 4.15. The molecule has 0 radical (unpaired) electrons. The molecule has 0 saturated heterocycles. The van der Waals surface area contributed by atoms with E-state index in [1.165, 1.54) is 6.08 Å². The lowest BCUT2D eigenvalue weighted by Crippen LogP contribution is -2.09. The number of hydrogen-bond acceptors (Lipinski definition) is 0. The molecule has 0 amide bonds. The summed E-state index contributed by atoms with van der Waals surface area (Å²) in [7, 11) is 0. The average molecular weight is 244 g/mol. The summed E-state index contributed by atoms with van der Waals surface area (Å²) >= 11 is 0. The summed E-state index contributed by atoms with van der Waals surface area (Å²) in [5, 5.41) is 0. The van der Waals surface area contributed by atoms with Gasteiger partial charge in [0.2, 0.25) is 0 Å². The molecule has 3 heteroatoms. The third-order valence-corrected chi connectivity index (χ3v) is 2.93. The Balaban J connectivity index is 5.44. The minimum absolute atomic E-state index is 0.585. The van der Waals surface area contributed by atoms with Crippen molar-refractivity contribution in [2.75, 3.05) is 0 Å². The fourth-order valence-corrected chi connectivity index (χ4v) is 1.26. The van der Waals surface area contributed by atoms with Crippen LogP contribution in [-0.4, -0.2) is 6.18 Å². The first-order chi connectivity index (χ1) is 7.61. The average Bonchev–Trinajstić information content (AvgIpc) is 2.24. The van der Waals surface area contributed by atoms with E-state index in [1.54, 1.807) is 13.0 Å². The van der Waals surface area contributed by atoms with Crippen molar-refractivity contribution in [1.82, 2.24) is 0 Å². The third kappa shape index (κ3) is 4.63. The molecule has 0 aromatic rings. The van der Waals surface area contributed by atoms with Crippen LogP contribution >= 0.6 is 0 Å². The minimum Gasteiger partial charge on any atom is -0.166 e. The molecule has 0 aliphatic rings. The van der Waals surface area contributed by atoms with Crippen LogP contribution in [0.1, 0.15) is 34.6 Å². The monoisotopic (exact) mass is 244 g/mol. The predicted octanol–water partition coefficient (Wildman–Crippen LogP) is 5.35. The highest BCUT2D eigenvalue weighted by molar-refractivity contribution is 5.42. The van der Waals surface area contributed by atoms with E-state index in [4.69, 9.17) is 0 Å². The van der Waals surface area contributed by atoms with Crippen molar-refractivity contribution in [3.05, 3.63) is 46.6 Å². The third-order valence-electron chi connectivity index (χ3n) is 2.93. The predicted molar refractivity (Wildman–Crippen MR) is 66.8 cm³/mol. The molecule has 0 aliphatic carbocycles. The van der Waals surface area contributed by atoms with Crippen molar-refractivity contribution >= 4 is 0 Å². The maximum atomic E-state index is 12.4. The Morgan fingerprint density at radius 1 is 0.882 bits per heavy atom. The molecule has 96 valence electrons. The van der Waals surface area contributed by atoms with Crippen LogP contribution in [0.5, 0.6) is 0 Å². The van der Waals surface area contributed by atoms with Gasteiger partial charge in [-0.15, -0.1) is 0 Å². The molecule has 0 spiro atoms. The highest BCUT2D eigenvalue weighted by Crippen LogP contribution is 2.27. The highest BCUT2D eigenvalue weighted by Gasteiger charge is 2.29. The van der Waals surface area contributed by atoms with Gasteiger partial charge in [0, 0.05) is 5.57 Å². The zero-order valence-corrected chi connectivity index (χ0v) is 11.0. The molecule has 0 rings (SSSR count). The van der Waals surface area contributed by atoms with Gasteiger partial charge in [0.1, 0.15) is 0 Å². The lowest BCUT2D eigenvalue weighted by molar-refractivity contribution is -0.0913. The molecule has 0 unspecified atom stereocenters. The summed E-state index contributed by atoms with van der Waals surface area (Å²) in [6.07, 6.45) is -1.38. The Morgan fingerprint density at radius 3 is 1.65 bits per heavy atom. The van der Waals surface area contributed by atoms with Gasteiger partial charge >= 0.3 is 6.18 Å². The Hall–Kier alpha value is -1.25. The molecule has 0 N–H and O–H groups in total.